The number of nitrogens with zero attached hydrogens (tertiary/aromatic N) is 2. The molecular formula is C22H16N2O. The zero-order valence-electron chi connectivity index (χ0n) is 13.8. The molecule has 3 nitrogen and oxygen atoms in total. The van der Waals surface area contributed by atoms with E-state index in [2.05, 4.69) is 6.07 Å². The van der Waals surface area contributed by atoms with Gasteiger partial charge in [0, 0.05) is 11.3 Å². The molecule has 25 heavy (non-hydrogen) atoms. The molecule has 0 fully saturated rings. The summed E-state index contributed by atoms with van der Waals surface area (Å²) in [7, 11) is 0. The zero-order chi connectivity index (χ0) is 17.4. The summed E-state index contributed by atoms with van der Waals surface area (Å²) in [5, 5.41) is 11.7. The number of amides is 1. The normalized spacial score (nSPS) is 16.1. The Labute approximate surface area is 146 Å². The third-order valence-corrected chi connectivity index (χ3v) is 4.65. The maximum absolute atomic E-state index is 13.3. The maximum atomic E-state index is 13.3. The second kappa shape index (κ2) is 5.92. The van der Waals surface area contributed by atoms with E-state index < -0.39 is 6.04 Å². The summed E-state index contributed by atoms with van der Waals surface area (Å²) in [6.07, 6.45) is 1.96. The molecule has 3 heteroatoms. The highest BCUT2D eigenvalue weighted by atomic mass is 16.2. The van der Waals surface area contributed by atoms with Gasteiger partial charge in [0.05, 0.1) is 6.07 Å². The first-order valence-corrected chi connectivity index (χ1v) is 8.19. The van der Waals surface area contributed by atoms with Crippen molar-refractivity contribution in [2.45, 2.75) is 13.0 Å². The van der Waals surface area contributed by atoms with Crippen LogP contribution in [0.15, 0.2) is 72.4 Å². The molecule has 3 aromatic rings. The van der Waals surface area contributed by atoms with Crippen molar-refractivity contribution < 1.29 is 4.79 Å². The summed E-state index contributed by atoms with van der Waals surface area (Å²) >= 11 is 0. The summed E-state index contributed by atoms with van der Waals surface area (Å²) < 4.78 is 0. The SMILES string of the molecule is CC1=Cc2ccccc2C(C#N)N1C(=O)c1cccc2ccccc12. The smallest absolute Gasteiger partial charge is 0.260 e. The van der Waals surface area contributed by atoms with Crippen molar-refractivity contribution in [2.24, 2.45) is 0 Å². The van der Waals surface area contributed by atoms with Crippen LogP contribution in [0.2, 0.25) is 0 Å². The molecule has 1 amide bonds. The number of carbonyl (C=O) groups excluding carboxylic acids is 1. The van der Waals surface area contributed by atoms with E-state index in [1.165, 1.54) is 0 Å². The Morgan fingerprint density at radius 2 is 1.72 bits per heavy atom. The fourth-order valence-electron chi connectivity index (χ4n) is 3.48. The molecule has 1 unspecified atom stereocenters. The number of allylic oxidation sites excluding steroid dienone is 1. The lowest BCUT2D eigenvalue weighted by molar-refractivity contribution is 0.0777. The zero-order valence-corrected chi connectivity index (χ0v) is 13.8. The molecule has 120 valence electrons. The van der Waals surface area contributed by atoms with Gasteiger partial charge < -0.3 is 0 Å². The minimum Gasteiger partial charge on any atom is -0.292 e. The molecular weight excluding hydrogens is 308 g/mol. The number of hydrogen-bond acceptors (Lipinski definition) is 2. The van der Waals surface area contributed by atoms with Crippen molar-refractivity contribution in [3.05, 3.63) is 89.1 Å². The van der Waals surface area contributed by atoms with E-state index in [4.69, 9.17) is 0 Å². The average Bonchev–Trinajstić information content (AvgIpc) is 2.66. The van der Waals surface area contributed by atoms with Crippen molar-refractivity contribution in [2.75, 3.05) is 0 Å². The molecule has 1 aliphatic heterocycles. The Morgan fingerprint density at radius 1 is 1.00 bits per heavy atom. The Balaban J connectivity index is 1.86. The number of hydrogen-bond donors (Lipinski definition) is 0. The van der Waals surface area contributed by atoms with E-state index in [0.717, 1.165) is 27.6 Å². The first-order chi connectivity index (χ1) is 12.2. The van der Waals surface area contributed by atoms with E-state index in [1.807, 2.05) is 79.7 Å². The molecule has 0 saturated heterocycles. The Hall–Kier alpha value is -3.38. The molecule has 0 aliphatic carbocycles. The van der Waals surface area contributed by atoms with Crippen molar-refractivity contribution in [3.63, 3.8) is 0 Å². The lowest BCUT2D eigenvalue weighted by Crippen LogP contribution is -2.35. The Kier molecular flexibility index (Phi) is 3.59. The van der Waals surface area contributed by atoms with Crippen LogP contribution in [-0.4, -0.2) is 10.8 Å². The van der Waals surface area contributed by atoms with Gasteiger partial charge in [-0.2, -0.15) is 5.26 Å². The number of rotatable bonds is 1. The summed E-state index contributed by atoms with van der Waals surface area (Å²) in [5.74, 6) is -0.147. The highest BCUT2D eigenvalue weighted by molar-refractivity contribution is 6.08. The van der Waals surface area contributed by atoms with E-state index >= 15 is 0 Å². The minimum absolute atomic E-state index is 0.147. The first-order valence-electron chi connectivity index (χ1n) is 8.19. The van der Waals surface area contributed by atoms with Gasteiger partial charge in [0.1, 0.15) is 6.04 Å². The number of benzene rings is 3. The summed E-state index contributed by atoms with van der Waals surface area (Å²) in [6, 6.07) is 22.9. The molecule has 1 aliphatic rings. The van der Waals surface area contributed by atoms with Crippen molar-refractivity contribution in [3.8, 4) is 6.07 Å². The minimum atomic E-state index is -0.618. The second-order valence-electron chi connectivity index (χ2n) is 6.15. The van der Waals surface area contributed by atoms with Crippen LogP contribution in [0.1, 0.15) is 34.5 Å². The molecule has 1 heterocycles. The van der Waals surface area contributed by atoms with Crippen molar-refractivity contribution in [1.82, 2.24) is 4.90 Å². The number of nitriles is 1. The van der Waals surface area contributed by atoms with Gasteiger partial charge in [0.15, 0.2) is 0 Å². The van der Waals surface area contributed by atoms with E-state index in [1.54, 1.807) is 4.90 Å². The van der Waals surface area contributed by atoms with Gasteiger partial charge >= 0.3 is 0 Å². The van der Waals surface area contributed by atoms with Gasteiger partial charge in [0.25, 0.3) is 5.91 Å². The summed E-state index contributed by atoms with van der Waals surface area (Å²) in [4.78, 5) is 14.9. The second-order valence-corrected chi connectivity index (χ2v) is 6.15. The molecule has 0 bridgehead atoms. The highest BCUT2D eigenvalue weighted by Gasteiger charge is 2.32. The largest absolute Gasteiger partial charge is 0.292 e. The van der Waals surface area contributed by atoms with E-state index in [9.17, 15) is 10.1 Å². The third-order valence-electron chi connectivity index (χ3n) is 4.65. The molecule has 0 N–H and O–H groups in total. The monoisotopic (exact) mass is 324 g/mol. The van der Waals surface area contributed by atoms with Gasteiger partial charge in [0.2, 0.25) is 0 Å². The molecule has 1 atom stereocenters. The van der Waals surface area contributed by atoms with Crippen LogP contribution in [0.4, 0.5) is 0 Å². The van der Waals surface area contributed by atoms with Crippen molar-refractivity contribution >= 4 is 22.8 Å². The highest BCUT2D eigenvalue weighted by Crippen LogP contribution is 2.35. The predicted octanol–water partition coefficient (Wildman–Crippen LogP) is 4.92. The molecule has 3 aromatic carbocycles. The van der Waals surface area contributed by atoms with Gasteiger partial charge in [-0.3, -0.25) is 9.69 Å². The van der Waals surface area contributed by atoms with Crippen LogP contribution in [0, 0.1) is 11.3 Å². The van der Waals surface area contributed by atoms with Crippen LogP contribution >= 0.6 is 0 Å². The third kappa shape index (κ3) is 2.40. The van der Waals surface area contributed by atoms with Gasteiger partial charge in [-0.15, -0.1) is 0 Å². The van der Waals surface area contributed by atoms with E-state index in [0.29, 0.717) is 5.56 Å². The standard InChI is InChI=1S/C22H16N2O/c1-15-13-17-8-3-5-11-19(17)21(14-23)24(15)22(25)20-12-6-9-16-7-2-4-10-18(16)20/h2-13,21H,1H3. The summed E-state index contributed by atoms with van der Waals surface area (Å²) in [5.41, 5.74) is 3.26. The van der Waals surface area contributed by atoms with Gasteiger partial charge in [-0.25, -0.2) is 0 Å². The fraction of sp³-hybridized carbons (Fsp3) is 0.0909. The number of fused-ring (bicyclic) bond motifs is 2. The van der Waals surface area contributed by atoms with Gasteiger partial charge in [-0.05, 0) is 41.0 Å². The molecule has 0 aromatic heterocycles. The molecule has 0 radical (unpaired) electrons. The van der Waals surface area contributed by atoms with Crippen LogP contribution in [-0.2, 0) is 0 Å². The van der Waals surface area contributed by atoms with Crippen molar-refractivity contribution in [1.29, 1.82) is 5.26 Å². The molecule has 4 rings (SSSR count). The fourth-order valence-corrected chi connectivity index (χ4v) is 3.48. The van der Waals surface area contributed by atoms with Crippen LogP contribution in [0.5, 0.6) is 0 Å². The Bertz CT molecular complexity index is 1050. The summed E-state index contributed by atoms with van der Waals surface area (Å²) in [6.45, 7) is 1.88. The average molecular weight is 324 g/mol. The van der Waals surface area contributed by atoms with Crippen LogP contribution in [0.3, 0.4) is 0 Å². The topological polar surface area (TPSA) is 44.1 Å². The van der Waals surface area contributed by atoms with E-state index in [-0.39, 0.29) is 5.91 Å². The van der Waals surface area contributed by atoms with Crippen LogP contribution in [0.25, 0.3) is 16.8 Å². The molecule has 0 spiro atoms. The predicted molar refractivity (Wildman–Crippen MR) is 98.6 cm³/mol. The molecule has 0 saturated carbocycles. The Morgan fingerprint density at radius 3 is 2.56 bits per heavy atom. The first kappa shape index (κ1) is 15.2. The lowest BCUT2D eigenvalue weighted by atomic mass is 9.93. The van der Waals surface area contributed by atoms with Gasteiger partial charge in [-0.1, -0.05) is 60.7 Å². The quantitative estimate of drug-likeness (QED) is 0.637. The lowest BCUT2D eigenvalue weighted by Gasteiger charge is -2.33. The number of carbonyl (C=O) groups is 1. The maximum Gasteiger partial charge on any atom is 0.260 e. The van der Waals surface area contributed by atoms with Crippen LogP contribution < -0.4 is 0 Å².